The molecule has 13 heavy (non-hydrogen) atoms. The molecule has 0 aromatic heterocycles. The number of aliphatic hydroxyl groups excluding tert-OH is 3. The second-order valence-electron chi connectivity index (χ2n) is 3.80. The first kappa shape index (κ1) is 11.3. The summed E-state index contributed by atoms with van der Waals surface area (Å²) in [6, 6.07) is 0. The van der Waals surface area contributed by atoms with Crippen molar-refractivity contribution in [1.82, 2.24) is 0 Å². The normalized spacial score (nSPS) is 41.0. The first-order valence-electron chi connectivity index (χ1n) is 4.05. The molecule has 0 aromatic rings. The van der Waals surface area contributed by atoms with Gasteiger partial charge in [-0.1, -0.05) is 0 Å². The topological polar surface area (TPSA) is 87.0 Å². The van der Waals surface area contributed by atoms with Gasteiger partial charge in [0.1, 0.15) is 0 Å². The summed E-state index contributed by atoms with van der Waals surface area (Å²) in [6.07, 6.45) is -4.48. The molecule has 0 aliphatic carbocycles. The molecular formula is C7H15AsO5. The van der Waals surface area contributed by atoms with Crippen LogP contribution in [0, 0.1) is 0 Å². The summed E-state index contributed by atoms with van der Waals surface area (Å²) in [5, 5.41) is 27.7. The van der Waals surface area contributed by atoms with Crippen molar-refractivity contribution in [3.05, 3.63) is 0 Å². The molecule has 4 atom stereocenters. The molecule has 1 aliphatic rings. The van der Waals surface area contributed by atoms with Gasteiger partial charge >= 0.3 is 78.5 Å². The van der Waals surface area contributed by atoms with Gasteiger partial charge in [0, 0.05) is 0 Å². The van der Waals surface area contributed by atoms with E-state index in [4.69, 9.17) is 14.9 Å². The molecule has 0 radical (unpaired) electrons. The maximum atomic E-state index is 11.4. The van der Waals surface area contributed by atoms with E-state index in [1.165, 1.54) is 0 Å². The van der Waals surface area contributed by atoms with Crippen molar-refractivity contribution in [3.63, 3.8) is 0 Å². The second kappa shape index (κ2) is 3.75. The van der Waals surface area contributed by atoms with Gasteiger partial charge in [-0.05, 0) is 0 Å². The van der Waals surface area contributed by atoms with Gasteiger partial charge < -0.3 is 0 Å². The van der Waals surface area contributed by atoms with Crippen molar-refractivity contribution in [2.24, 2.45) is 0 Å². The van der Waals surface area contributed by atoms with Crippen molar-refractivity contribution in [3.8, 4) is 0 Å². The summed E-state index contributed by atoms with van der Waals surface area (Å²) in [7, 11) is 0. The predicted molar refractivity (Wildman–Crippen MR) is 45.9 cm³/mol. The molecule has 1 saturated heterocycles. The van der Waals surface area contributed by atoms with Crippen LogP contribution in [0.2, 0.25) is 16.6 Å². The molecule has 1 aliphatic heterocycles. The fourth-order valence-electron chi connectivity index (χ4n) is 1.31. The third kappa shape index (κ3) is 2.82. The van der Waals surface area contributed by atoms with Crippen LogP contribution in [0.15, 0.2) is 0 Å². The number of aliphatic hydroxyl groups is 3. The Balaban J connectivity index is 2.59. The molecule has 78 valence electrons. The first-order chi connectivity index (χ1) is 5.81. The first-order valence-corrected chi connectivity index (χ1v) is 9.89. The second-order valence-corrected chi connectivity index (χ2v) is 11.2. The zero-order valence-electron chi connectivity index (χ0n) is 7.62. The Labute approximate surface area is 79.0 Å². The number of hydrogen-bond donors (Lipinski definition) is 3. The molecule has 0 spiro atoms. The van der Waals surface area contributed by atoms with Crippen LogP contribution in [-0.2, 0) is 8.48 Å². The SMILES string of the molecule is C[As](C)(=O)C[C@H]1O[C@H](O)[C@H](O)[C@@H]1O. The molecular weight excluding hydrogens is 239 g/mol. The Bertz CT molecular complexity index is 225. The zero-order chi connectivity index (χ0) is 10.2. The van der Waals surface area contributed by atoms with Crippen molar-refractivity contribution in [2.75, 3.05) is 0 Å². The van der Waals surface area contributed by atoms with Gasteiger partial charge in [0.2, 0.25) is 0 Å². The van der Waals surface area contributed by atoms with Gasteiger partial charge in [0.05, 0.1) is 0 Å². The molecule has 5 nitrogen and oxygen atoms in total. The van der Waals surface area contributed by atoms with E-state index in [9.17, 15) is 8.85 Å². The van der Waals surface area contributed by atoms with Crippen LogP contribution in [0.25, 0.3) is 0 Å². The van der Waals surface area contributed by atoms with Crippen LogP contribution in [0.5, 0.6) is 0 Å². The van der Waals surface area contributed by atoms with Crippen LogP contribution >= 0.6 is 0 Å². The molecule has 0 bridgehead atoms. The van der Waals surface area contributed by atoms with Crippen LogP contribution in [0.3, 0.4) is 0 Å². The van der Waals surface area contributed by atoms with Crippen LogP contribution in [-0.4, -0.2) is 53.4 Å². The van der Waals surface area contributed by atoms with E-state index in [2.05, 4.69) is 0 Å². The molecule has 1 fully saturated rings. The Morgan fingerprint density at radius 2 is 1.77 bits per heavy atom. The van der Waals surface area contributed by atoms with E-state index in [0.717, 1.165) is 0 Å². The maximum absolute atomic E-state index is 11.4. The minimum atomic E-state index is -2.90. The van der Waals surface area contributed by atoms with Gasteiger partial charge in [0.15, 0.2) is 0 Å². The van der Waals surface area contributed by atoms with E-state index in [1.54, 1.807) is 11.4 Å². The van der Waals surface area contributed by atoms with Crippen molar-refractivity contribution < 1.29 is 23.8 Å². The van der Waals surface area contributed by atoms with Crippen molar-refractivity contribution in [1.29, 1.82) is 0 Å². The van der Waals surface area contributed by atoms with Crippen molar-refractivity contribution >= 4 is 13.5 Å². The molecule has 1 heterocycles. The van der Waals surface area contributed by atoms with Gasteiger partial charge in [-0.25, -0.2) is 0 Å². The minimum absolute atomic E-state index is 0.230. The Kier molecular flexibility index (Phi) is 3.25. The standard InChI is InChI=1S/C7H15AsO5/c1-8(2,12)3-4-5(9)6(10)7(11)13-4/h4-7,9-11H,3H2,1-2H3/t4-,5-,6-,7+/m1/s1. The summed E-state index contributed by atoms with van der Waals surface area (Å²) < 4.78 is 16.3. The van der Waals surface area contributed by atoms with Gasteiger partial charge in [-0.2, -0.15) is 0 Å². The summed E-state index contributed by atoms with van der Waals surface area (Å²) >= 11 is -2.90. The van der Waals surface area contributed by atoms with Crippen LogP contribution in [0.1, 0.15) is 0 Å². The summed E-state index contributed by atoms with van der Waals surface area (Å²) in [5.74, 6) is 0. The Morgan fingerprint density at radius 1 is 1.23 bits per heavy atom. The van der Waals surface area contributed by atoms with Crippen LogP contribution in [0.4, 0.5) is 0 Å². The fourth-order valence-corrected chi connectivity index (χ4v) is 3.77. The van der Waals surface area contributed by atoms with E-state index < -0.39 is 38.1 Å². The summed E-state index contributed by atoms with van der Waals surface area (Å²) in [6.45, 7) is 0. The van der Waals surface area contributed by atoms with E-state index in [0.29, 0.717) is 0 Å². The average molecular weight is 254 g/mol. The molecule has 0 aromatic carbocycles. The zero-order valence-corrected chi connectivity index (χ0v) is 9.50. The molecule has 0 saturated carbocycles. The van der Waals surface area contributed by atoms with Crippen LogP contribution < -0.4 is 0 Å². The molecule has 1 rings (SSSR count). The molecule has 6 heteroatoms. The van der Waals surface area contributed by atoms with Gasteiger partial charge in [-0.15, -0.1) is 0 Å². The number of ether oxygens (including phenoxy) is 1. The van der Waals surface area contributed by atoms with Gasteiger partial charge in [-0.3, -0.25) is 0 Å². The molecule has 3 N–H and O–H groups in total. The predicted octanol–water partition coefficient (Wildman–Crippen LogP) is -0.939. The van der Waals surface area contributed by atoms with E-state index in [1.807, 2.05) is 0 Å². The Morgan fingerprint density at radius 3 is 2.08 bits per heavy atom. The quantitative estimate of drug-likeness (QED) is 0.554. The third-order valence-corrected chi connectivity index (χ3v) is 4.56. The third-order valence-electron chi connectivity index (χ3n) is 1.96. The fraction of sp³-hybridized carbons (Fsp3) is 1.00. The summed E-state index contributed by atoms with van der Waals surface area (Å²) in [5.41, 5.74) is 3.26. The van der Waals surface area contributed by atoms with Crippen molar-refractivity contribution in [2.45, 2.75) is 41.2 Å². The molecule has 0 unspecified atom stereocenters. The van der Waals surface area contributed by atoms with E-state index in [-0.39, 0.29) is 5.21 Å². The molecule has 0 amide bonds. The monoisotopic (exact) mass is 254 g/mol. The number of rotatable bonds is 2. The van der Waals surface area contributed by atoms with E-state index >= 15 is 0 Å². The Hall–Kier alpha value is 0.198. The average Bonchev–Trinajstić information content (AvgIpc) is 2.15. The number of hydrogen-bond acceptors (Lipinski definition) is 5. The van der Waals surface area contributed by atoms with Gasteiger partial charge in [0.25, 0.3) is 0 Å². The summed E-state index contributed by atoms with van der Waals surface area (Å²) in [4.78, 5) is 0.